The molecule has 0 aliphatic heterocycles. The predicted molar refractivity (Wildman–Crippen MR) is 85.8 cm³/mol. The molecule has 4 nitrogen and oxygen atoms in total. The fourth-order valence-corrected chi connectivity index (χ4v) is 4.28. The summed E-state index contributed by atoms with van der Waals surface area (Å²) in [6, 6.07) is 7.63. The summed E-state index contributed by atoms with van der Waals surface area (Å²) in [6.07, 6.45) is 2.69. The second-order valence-electron chi connectivity index (χ2n) is 5.34. The Morgan fingerprint density at radius 2 is 1.95 bits per heavy atom. The Hall–Kier alpha value is -1.40. The van der Waals surface area contributed by atoms with Gasteiger partial charge in [0, 0.05) is 9.17 Å². The molecule has 1 heterocycles. The molecule has 1 aliphatic rings. The molecule has 1 aliphatic carbocycles. The lowest BCUT2D eigenvalue weighted by Gasteiger charge is -2.24. The second-order valence-corrected chi connectivity index (χ2v) is 7.34. The summed E-state index contributed by atoms with van der Waals surface area (Å²) in [5.74, 6) is -1.23. The number of carboxylic acid groups (broad SMARTS) is 1. The van der Waals surface area contributed by atoms with Crippen LogP contribution in [0.1, 0.15) is 35.4 Å². The molecule has 0 atom stereocenters. The average Bonchev–Trinajstić information content (AvgIpc) is 3.05. The van der Waals surface area contributed by atoms with Crippen molar-refractivity contribution in [3.63, 3.8) is 0 Å². The Labute approximate surface area is 134 Å². The number of carboxylic acids is 1. The van der Waals surface area contributed by atoms with Gasteiger partial charge in [-0.1, -0.05) is 34.8 Å². The first kappa shape index (κ1) is 14.5. The van der Waals surface area contributed by atoms with Gasteiger partial charge in [-0.15, -0.1) is 11.3 Å². The van der Waals surface area contributed by atoms with Crippen LogP contribution in [-0.4, -0.2) is 22.5 Å². The van der Waals surface area contributed by atoms with Crippen molar-refractivity contribution in [3.05, 3.63) is 33.6 Å². The van der Waals surface area contributed by atoms with E-state index >= 15 is 0 Å². The number of rotatable bonds is 3. The van der Waals surface area contributed by atoms with Gasteiger partial charge in [-0.05, 0) is 36.4 Å². The van der Waals surface area contributed by atoms with Crippen LogP contribution in [0.5, 0.6) is 0 Å². The van der Waals surface area contributed by atoms with E-state index in [9.17, 15) is 14.7 Å². The summed E-state index contributed by atoms with van der Waals surface area (Å²) < 4.78 is 1.96. The zero-order valence-electron chi connectivity index (χ0n) is 11.2. The molecule has 0 spiro atoms. The Morgan fingerprint density at radius 3 is 2.62 bits per heavy atom. The molecule has 2 N–H and O–H groups in total. The molecule has 0 bridgehead atoms. The summed E-state index contributed by atoms with van der Waals surface area (Å²) in [5.41, 5.74) is -1.09. The number of amides is 1. The minimum atomic E-state index is -1.09. The normalized spacial score (nSPS) is 17.0. The van der Waals surface area contributed by atoms with Crippen molar-refractivity contribution in [2.24, 2.45) is 0 Å². The highest BCUT2D eigenvalue weighted by Crippen LogP contribution is 2.32. The highest BCUT2D eigenvalue weighted by molar-refractivity contribution is 9.10. The fourth-order valence-electron chi connectivity index (χ4n) is 2.77. The highest BCUT2D eigenvalue weighted by Gasteiger charge is 2.42. The van der Waals surface area contributed by atoms with Crippen molar-refractivity contribution < 1.29 is 14.7 Å². The van der Waals surface area contributed by atoms with Gasteiger partial charge in [0.25, 0.3) is 5.91 Å². The molecule has 0 radical (unpaired) electrons. The summed E-state index contributed by atoms with van der Waals surface area (Å²) in [4.78, 5) is 24.4. The van der Waals surface area contributed by atoms with Gasteiger partial charge >= 0.3 is 5.97 Å². The van der Waals surface area contributed by atoms with Gasteiger partial charge in [-0.2, -0.15) is 0 Å². The molecule has 1 saturated carbocycles. The van der Waals surface area contributed by atoms with Crippen LogP contribution in [0.25, 0.3) is 10.1 Å². The van der Waals surface area contributed by atoms with E-state index in [1.165, 1.54) is 11.3 Å². The molecule has 6 heteroatoms. The number of halogens is 1. The van der Waals surface area contributed by atoms with Crippen molar-refractivity contribution in [2.45, 2.75) is 31.2 Å². The van der Waals surface area contributed by atoms with Crippen molar-refractivity contribution in [1.82, 2.24) is 5.32 Å². The van der Waals surface area contributed by atoms with Crippen LogP contribution in [0, 0.1) is 0 Å². The number of benzene rings is 1. The number of thiophene rings is 1. The lowest BCUT2D eigenvalue weighted by atomic mass is 9.98. The maximum atomic E-state index is 12.4. The van der Waals surface area contributed by atoms with Crippen molar-refractivity contribution >= 4 is 49.2 Å². The van der Waals surface area contributed by atoms with Crippen LogP contribution in [-0.2, 0) is 4.79 Å². The first-order valence-electron chi connectivity index (χ1n) is 6.75. The Morgan fingerprint density at radius 1 is 1.24 bits per heavy atom. The van der Waals surface area contributed by atoms with Crippen LogP contribution in [0.2, 0.25) is 0 Å². The third-order valence-corrected chi connectivity index (χ3v) is 5.52. The van der Waals surface area contributed by atoms with Crippen LogP contribution in [0.15, 0.2) is 28.7 Å². The number of hydrogen-bond donors (Lipinski definition) is 2. The number of nitrogens with one attached hydrogen (secondary N) is 1. The van der Waals surface area contributed by atoms with E-state index in [1.807, 2.05) is 24.3 Å². The maximum absolute atomic E-state index is 12.4. The number of hydrogen-bond acceptors (Lipinski definition) is 3. The van der Waals surface area contributed by atoms with Gasteiger partial charge in [0.05, 0.1) is 4.88 Å². The zero-order chi connectivity index (χ0) is 15.0. The standard InChI is InChI=1S/C15H14BrNO3S/c16-10-4-3-9-7-12(21-11(9)8-10)13(18)17-15(14(19)20)5-1-2-6-15/h3-4,7-8H,1-2,5-6H2,(H,17,18)(H,19,20). The van der Waals surface area contributed by atoms with Gasteiger partial charge in [0.1, 0.15) is 5.54 Å². The molecule has 1 fully saturated rings. The van der Waals surface area contributed by atoms with Crippen LogP contribution >= 0.6 is 27.3 Å². The first-order chi connectivity index (χ1) is 10.00. The van der Waals surface area contributed by atoms with Crippen LogP contribution in [0.4, 0.5) is 0 Å². The fraction of sp³-hybridized carbons (Fsp3) is 0.333. The summed E-state index contributed by atoms with van der Waals surface area (Å²) in [7, 11) is 0. The van der Waals surface area contributed by atoms with Gasteiger partial charge in [-0.3, -0.25) is 4.79 Å². The molecule has 0 saturated heterocycles. The van der Waals surface area contributed by atoms with E-state index in [4.69, 9.17) is 0 Å². The molecular weight excluding hydrogens is 354 g/mol. The minimum absolute atomic E-state index is 0.295. The largest absolute Gasteiger partial charge is 0.480 e. The second kappa shape index (κ2) is 5.42. The Bertz CT molecular complexity index is 719. The average molecular weight is 368 g/mol. The predicted octanol–water partition coefficient (Wildman–Crippen LogP) is 3.79. The van der Waals surface area contributed by atoms with E-state index in [2.05, 4.69) is 21.2 Å². The lowest BCUT2D eigenvalue weighted by molar-refractivity contribution is -0.144. The Balaban J connectivity index is 1.88. The molecule has 1 amide bonds. The molecule has 1 aromatic carbocycles. The molecule has 1 aromatic heterocycles. The molecule has 3 rings (SSSR count). The van der Waals surface area contributed by atoms with E-state index in [0.717, 1.165) is 27.4 Å². The highest BCUT2D eigenvalue weighted by atomic mass is 79.9. The van der Waals surface area contributed by atoms with Gasteiger partial charge in [0.2, 0.25) is 0 Å². The third kappa shape index (κ3) is 2.70. The lowest BCUT2D eigenvalue weighted by Crippen LogP contribution is -2.52. The number of aliphatic carboxylic acids is 1. The summed E-state index contributed by atoms with van der Waals surface area (Å²) >= 11 is 4.78. The van der Waals surface area contributed by atoms with E-state index < -0.39 is 11.5 Å². The van der Waals surface area contributed by atoms with Crippen molar-refractivity contribution in [1.29, 1.82) is 0 Å². The van der Waals surface area contributed by atoms with E-state index in [0.29, 0.717) is 17.7 Å². The van der Waals surface area contributed by atoms with Gasteiger partial charge in [-0.25, -0.2) is 4.79 Å². The molecule has 21 heavy (non-hydrogen) atoms. The minimum Gasteiger partial charge on any atom is -0.480 e. The summed E-state index contributed by atoms with van der Waals surface area (Å²) in [5, 5.41) is 13.2. The number of carbonyl (C=O) groups excluding carboxylic acids is 1. The molecule has 2 aromatic rings. The van der Waals surface area contributed by atoms with Gasteiger partial charge < -0.3 is 10.4 Å². The number of fused-ring (bicyclic) bond motifs is 1. The van der Waals surface area contributed by atoms with Gasteiger partial charge in [0.15, 0.2) is 0 Å². The smallest absolute Gasteiger partial charge is 0.329 e. The first-order valence-corrected chi connectivity index (χ1v) is 8.36. The maximum Gasteiger partial charge on any atom is 0.329 e. The topological polar surface area (TPSA) is 66.4 Å². The summed E-state index contributed by atoms with van der Waals surface area (Å²) in [6.45, 7) is 0. The van der Waals surface area contributed by atoms with Crippen molar-refractivity contribution in [2.75, 3.05) is 0 Å². The Kier molecular flexibility index (Phi) is 3.75. The quantitative estimate of drug-likeness (QED) is 0.866. The zero-order valence-corrected chi connectivity index (χ0v) is 13.6. The van der Waals surface area contributed by atoms with Crippen molar-refractivity contribution in [3.8, 4) is 0 Å². The molecule has 110 valence electrons. The monoisotopic (exact) mass is 367 g/mol. The molecule has 0 unspecified atom stereocenters. The van der Waals surface area contributed by atoms with Crippen LogP contribution in [0.3, 0.4) is 0 Å². The SMILES string of the molecule is O=C(NC1(C(=O)O)CCCC1)c1cc2ccc(Br)cc2s1. The molecular formula is C15H14BrNO3S. The van der Waals surface area contributed by atoms with E-state index in [-0.39, 0.29) is 5.91 Å². The third-order valence-electron chi connectivity index (χ3n) is 3.93. The van der Waals surface area contributed by atoms with Crippen LogP contribution < -0.4 is 5.32 Å². The van der Waals surface area contributed by atoms with E-state index in [1.54, 1.807) is 0 Å². The number of carbonyl (C=O) groups is 2.